The topological polar surface area (TPSA) is 9.23 Å². The molecular formula is C17H28O. The molecule has 1 heteroatoms. The maximum Gasteiger partial charge on any atom is 0.119 e. The Hall–Kier alpha value is -0.980. The Morgan fingerprint density at radius 1 is 1.17 bits per heavy atom. The molecule has 1 aromatic carbocycles. The van der Waals surface area contributed by atoms with Crippen molar-refractivity contribution in [3.8, 4) is 5.75 Å². The molecular weight excluding hydrogens is 220 g/mol. The van der Waals surface area contributed by atoms with Crippen molar-refractivity contribution >= 4 is 0 Å². The van der Waals surface area contributed by atoms with Crippen LogP contribution in [0.4, 0.5) is 0 Å². The molecule has 1 rings (SSSR count). The van der Waals surface area contributed by atoms with Gasteiger partial charge >= 0.3 is 0 Å². The molecule has 0 aliphatic rings. The van der Waals surface area contributed by atoms with Crippen LogP contribution in [-0.2, 0) is 0 Å². The molecule has 1 unspecified atom stereocenters. The van der Waals surface area contributed by atoms with Crippen LogP contribution >= 0.6 is 0 Å². The van der Waals surface area contributed by atoms with Crippen LogP contribution in [0, 0.1) is 18.3 Å². The zero-order valence-corrected chi connectivity index (χ0v) is 12.8. The summed E-state index contributed by atoms with van der Waals surface area (Å²) >= 11 is 0. The number of hydrogen-bond donors (Lipinski definition) is 0. The SMILES string of the molecule is Cc1cccc(OC(CCC(C)(C)C)C(C)C)c1. The fraction of sp³-hybridized carbons (Fsp3) is 0.647. The molecule has 1 nitrogen and oxygen atoms in total. The van der Waals surface area contributed by atoms with Crippen molar-refractivity contribution in [3.63, 3.8) is 0 Å². The molecule has 0 saturated heterocycles. The zero-order chi connectivity index (χ0) is 13.8. The molecule has 102 valence electrons. The third-order valence-corrected chi connectivity index (χ3v) is 3.20. The lowest BCUT2D eigenvalue weighted by molar-refractivity contribution is 0.125. The maximum atomic E-state index is 6.15. The molecule has 0 heterocycles. The van der Waals surface area contributed by atoms with Crippen molar-refractivity contribution in [1.82, 2.24) is 0 Å². The highest BCUT2D eigenvalue weighted by molar-refractivity contribution is 5.27. The van der Waals surface area contributed by atoms with Crippen LogP contribution in [0.3, 0.4) is 0 Å². The van der Waals surface area contributed by atoms with Crippen molar-refractivity contribution in [2.24, 2.45) is 11.3 Å². The van der Waals surface area contributed by atoms with Gasteiger partial charge in [-0.25, -0.2) is 0 Å². The molecule has 1 atom stereocenters. The van der Waals surface area contributed by atoms with Crippen LogP contribution in [0.15, 0.2) is 24.3 Å². The van der Waals surface area contributed by atoms with E-state index in [-0.39, 0.29) is 0 Å². The van der Waals surface area contributed by atoms with Crippen molar-refractivity contribution in [3.05, 3.63) is 29.8 Å². The Morgan fingerprint density at radius 3 is 2.33 bits per heavy atom. The van der Waals surface area contributed by atoms with E-state index >= 15 is 0 Å². The Balaban J connectivity index is 2.63. The third kappa shape index (κ3) is 5.57. The molecule has 0 bridgehead atoms. The monoisotopic (exact) mass is 248 g/mol. The minimum absolute atomic E-state index is 0.311. The third-order valence-electron chi connectivity index (χ3n) is 3.20. The Labute approximate surface area is 113 Å². The summed E-state index contributed by atoms with van der Waals surface area (Å²) in [5, 5.41) is 0. The lowest BCUT2D eigenvalue weighted by Crippen LogP contribution is -2.25. The van der Waals surface area contributed by atoms with Gasteiger partial charge in [-0.3, -0.25) is 0 Å². The maximum absolute atomic E-state index is 6.15. The lowest BCUT2D eigenvalue weighted by Gasteiger charge is -2.26. The van der Waals surface area contributed by atoms with Gasteiger partial charge in [0.25, 0.3) is 0 Å². The number of ether oxygens (including phenoxy) is 1. The van der Waals surface area contributed by atoms with E-state index in [9.17, 15) is 0 Å². The van der Waals surface area contributed by atoms with Gasteiger partial charge in [0.15, 0.2) is 0 Å². The smallest absolute Gasteiger partial charge is 0.119 e. The number of rotatable bonds is 5. The van der Waals surface area contributed by atoms with Crippen LogP contribution in [0.2, 0.25) is 0 Å². The second kappa shape index (κ2) is 6.26. The van der Waals surface area contributed by atoms with E-state index in [4.69, 9.17) is 4.74 Å². The van der Waals surface area contributed by atoms with Gasteiger partial charge in [-0.2, -0.15) is 0 Å². The normalized spacial score (nSPS) is 13.7. The van der Waals surface area contributed by atoms with Gasteiger partial charge in [0.1, 0.15) is 11.9 Å². The molecule has 0 aliphatic heterocycles. The molecule has 0 saturated carbocycles. The van der Waals surface area contributed by atoms with Gasteiger partial charge in [-0.05, 0) is 48.8 Å². The quantitative estimate of drug-likeness (QED) is 0.693. The second-order valence-corrected chi connectivity index (χ2v) is 6.82. The van der Waals surface area contributed by atoms with E-state index in [1.54, 1.807) is 0 Å². The number of hydrogen-bond acceptors (Lipinski definition) is 1. The molecule has 0 fully saturated rings. The van der Waals surface area contributed by atoms with Crippen molar-refractivity contribution < 1.29 is 4.74 Å². The van der Waals surface area contributed by atoms with E-state index < -0.39 is 0 Å². The first-order valence-electron chi connectivity index (χ1n) is 7.01. The van der Waals surface area contributed by atoms with Gasteiger partial charge in [0.2, 0.25) is 0 Å². The van der Waals surface area contributed by atoms with Gasteiger partial charge in [0.05, 0.1) is 0 Å². The summed E-state index contributed by atoms with van der Waals surface area (Å²) in [4.78, 5) is 0. The highest BCUT2D eigenvalue weighted by atomic mass is 16.5. The summed E-state index contributed by atoms with van der Waals surface area (Å²) in [6.07, 6.45) is 2.63. The van der Waals surface area contributed by atoms with Crippen molar-refractivity contribution in [1.29, 1.82) is 0 Å². The molecule has 18 heavy (non-hydrogen) atoms. The molecule has 0 aliphatic carbocycles. The highest BCUT2D eigenvalue weighted by Crippen LogP contribution is 2.26. The Kier molecular flexibility index (Phi) is 5.25. The number of aryl methyl sites for hydroxylation is 1. The average molecular weight is 248 g/mol. The van der Waals surface area contributed by atoms with Crippen molar-refractivity contribution in [2.75, 3.05) is 0 Å². The van der Waals surface area contributed by atoms with Crippen LogP contribution in [0.25, 0.3) is 0 Å². The van der Waals surface area contributed by atoms with Gasteiger partial charge < -0.3 is 4.74 Å². The standard InChI is InChI=1S/C17H28O/c1-13(2)16(10-11-17(4,5)6)18-15-9-7-8-14(3)12-15/h7-9,12-13,16H,10-11H2,1-6H3. The predicted octanol–water partition coefficient (Wildman–Crippen LogP) is 5.22. The largest absolute Gasteiger partial charge is 0.490 e. The summed E-state index contributed by atoms with van der Waals surface area (Å²) in [5.41, 5.74) is 1.63. The summed E-state index contributed by atoms with van der Waals surface area (Å²) in [6.45, 7) is 13.4. The summed E-state index contributed by atoms with van der Waals surface area (Å²) in [5.74, 6) is 1.55. The molecule has 0 N–H and O–H groups in total. The van der Waals surface area contributed by atoms with Gasteiger partial charge in [-0.15, -0.1) is 0 Å². The van der Waals surface area contributed by atoms with Gasteiger partial charge in [-0.1, -0.05) is 46.8 Å². The fourth-order valence-corrected chi connectivity index (χ4v) is 1.97. The number of benzene rings is 1. The molecule has 0 amide bonds. The second-order valence-electron chi connectivity index (χ2n) is 6.82. The molecule has 0 radical (unpaired) electrons. The van der Waals surface area contributed by atoms with E-state index in [1.165, 1.54) is 12.0 Å². The Morgan fingerprint density at radius 2 is 1.83 bits per heavy atom. The fourth-order valence-electron chi connectivity index (χ4n) is 1.97. The van der Waals surface area contributed by atoms with Gasteiger partial charge in [0, 0.05) is 0 Å². The Bertz CT molecular complexity index is 360. The van der Waals surface area contributed by atoms with E-state index in [0.717, 1.165) is 12.2 Å². The van der Waals surface area contributed by atoms with E-state index in [2.05, 4.69) is 65.8 Å². The predicted molar refractivity (Wildman–Crippen MR) is 79.1 cm³/mol. The van der Waals surface area contributed by atoms with Crippen LogP contribution in [-0.4, -0.2) is 6.10 Å². The zero-order valence-electron chi connectivity index (χ0n) is 12.8. The van der Waals surface area contributed by atoms with E-state index in [0.29, 0.717) is 17.4 Å². The first-order valence-corrected chi connectivity index (χ1v) is 7.01. The average Bonchev–Trinajstić information content (AvgIpc) is 2.22. The first kappa shape index (κ1) is 15.1. The lowest BCUT2D eigenvalue weighted by atomic mass is 9.87. The van der Waals surface area contributed by atoms with Crippen LogP contribution < -0.4 is 4.74 Å². The van der Waals surface area contributed by atoms with Crippen molar-refractivity contribution in [2.45, 2.75) is 60.5 Å². The molecule has 1 aromatic rings. The van der Waals surface area contributed by atoms with Crippen LogP contribution in [0.5, 0.6) is 5.75 Å². The first-order chi connectivity index (χ1) is 8.28. The molecule has 0 aromatic heterocycles. The minimum Gasteiger partial charge on any atom is -0.490 e. The highest BCUT2D eigenvalue weighted by Gasteiger charge is 2.19. The summed E-state index contributed by atoms with van der Waals surface area (Å²) < 4.78 is 6.15. The summed E-state index contributed by atoms with van der Waals surface area (Å²) in [7, 11) is 0. The van der Waals surface area contributed by atoms with Crippen LogP contribution in [0.1, 0.15) is 53.0 Å². The minimum atomic E-state index is 0.311. The van der Waals surface area contributed by atoms with E-state index in [1.807, 2.05) is 0 Å². The summed E-state index contributed by atoms with van der Waals surface area (Å²) in [6, 6.07) is 8.34. The molecule has 0 spiro atoms.